The fourth-order valence-corrected chi connectivity index (χ4v) is 4.99. The van der Waals surface area contributed by atoms with Gasteiger partial charge in [0.2, 0.25) is 5.91 Å². The summed E-state index contributed by atoms with van der Waals surface area (Å²) in [6.07, 6.45) is 4.40. The van der Waals surface area contributed by atoms with Gasteiger partial charge in [0.1, 0.15) is 5.82 Å². The van der Waals surface area contributed by atoms with Crippen molar-refractivity contribution in [2.75, 3.05) is 26.2 Å². The van der Waals surface area contributed by atoms with Crippen molar-refractivity contribution in [2.45, 2.75) is 52.2 Å². The lowest BCUT2D eigenvalue weighted by Crippen LogP contribution is -2.40. The second kappa shape index (κ2) is 11.1. The van der Waals surface area contributed by atoms with Crippen LogP contribution in [0.5, 0.6) is 0 Å². The third-order valence-electron chi connectivity index (χ3n) is 6.91. The minimum Gasteiger partial charge on any atom is -0.352 e. The summed E-state index contributed by atoms with van der Waals surface area (Å²) in [6.45, 7) is 8.97. The van der Waals surface area contributed by atoms with Gasteiger partial charge in [0.15, 0.2) is 0 Å². The third kappa shape index (κ3) is 6.63. The van der Waals surface area contributed by atoms with Gasteiger partial charge in [-0.1, -0.05) is 43.3 Å². The smallest absolute Gasteiger partial charge is 0.223 e. The lowest BCUT2D eigenvalue weighted by molar-refractivity contribution is -0.126. The monoisotopic (exact) mass is 437 g/mol. The average molecular weight is 438 g/mol. The topological polar surface area (TPSA) is 35.6 Å². The van der Waals surface area contributed by atoms with Crippen molar-refractivity contribution < 1.29 is 9.18 Å². The number of likely N-dealkylation sites (tertiary alicyclic amines) is 2. The molecule has 0 aromatic heterocycles. The Morgan fingerprint density at radius 1 is 0.875 bits per heavy atom. The maximum atomic E-state index is 13.1. The van der Waals surface area contributed by atoms with E-state index in [1.807, 2.05) is 12.1 Å². The fourth-order valence-electron chi connectivity index (χ4n) is 4.99. The zero-order chi connectivity index (χ0) is 22.3. The van der Waals surface area contributed by atoms with Gasteiger partial charge in [0.25, 0.3) is 0 Å². The fraction of sp³-hybridized carbons (Fsp3) is 0.519. The molecule has 0 saturated carbocycles. The van der Waals surface area contributed by atoms with Crippen LogP contribution in [0.15, 0.2) is 48.5 Å². The van der Waals surface area contributed by atoms with E-state index in [4.69, 9.17) is 0 Å². The van der Waals surface area contributed by atoms with E-state index in [1.165, 1.54) is 43.6 Å². The van der Waals surface area contributed by atoms with Gasteiger partial charge in [-0.3, -0.25) is 14.6 Å². The van der Waals surface area contributed by atoms with Crippen LogP contribution < -0.4 is 5.32 Å². The summed E-state index contributed by atoms with van der Waals surface area (Å²) in [6, 6.07) is 15.4. The molecule has 0 radical (unpaired) electrons. The summed E-state index contributed by atoms with van der Waals surface area (Å²) < 4.78 is 13.1. The summed E-state index contributed by atoms with van der Waals surface area (Å²) in [5.41, 5.74) is 3.62. The predicted molar refractivity (Wildman–Crippen MR) is 126 cm³/mol. The van der Waals surface area contributed by atoms with Gasteiger partial charge in [-0.25, -0.2) is 4.39 Å². The lowest BCUT2D eigenvalue weighted by atomic mass is 9.95. The van der Waals surface area contributed by atoms with Gasteiger partial charge >= 0.3 is 0 Å². The Morgan fingerprint density at radius 3 is 2.12 bits per heavy atom. The van der Waals surface area contributed by atoms with E-state index in [0.29, 0.717) is 6.54 Å². The zero-order valence-corrected chi connectivity index (χ0v) is 19.2. The molecule has 4 nitrogen and oxygen atoms in total. The third-order valence-corrected chi connectivity index (χ3v) is 6.91. The maximum absolute atomic E-state index is 13.1. The van der Waals surface area contributed by atoms with Gasteiger partial charge in [-0.15, -0.1) is 0 Å². The number of amides is 1. The van der Waals surface area contributed by atoms with E-state index < -0.39 is 0 Å². The summed E-state index contributed by atoms with van der Waals surface area (Å²) in [5, 5.41) is 3.14. The van der Waals surface area contributed by atoms with Crippen LogP contribution in [0, 0.1) is 17.7 Å². The van der Waals surface area contributed by atoms with Crippen molar-refractivity contribution in [3.8, 4) is 0 Å². The van der Waals surface area contributed by atoms with E-state index in [1.54, 1.807) is 0 Å². The van der Waals surface area contributed by atoms with Crippen molar-refractivity contribution in [1.29, 1.82) is 0 Å². The minimum absolute atomic E-state index is 0.0832. The predicted octanol–water partition coefficient (Wildman–Crippen LogP) is 4.59. The Kier molecular flexibility index (Phi) is 7.93. The molecular formula is C27H36FN3O. The van der Waals surface area contributed by atoms with E-state index in [9.17, 15) is 9.18 Å². The molecule has 2 fully saturated rings. The Morgan fingerprint density at radius 2 is 1.47 bits per heavy atom. The van der Waals surface area contributed by atoms with Gasteiger partial charge in [-0.05, 0) is 80.1 Å². The SMILES string of the molecule is CC1CCCN(Cc2ccc(CNC(=O)C3CCN(Cc4ccc(F)cc4)CC3)cc2)C1. The first-order chi connectivity index (χ1) is 15.5. The molecule has 2 aliphatic heterocycles. The molecule has 2 saturated heterocycles. The molecular weight excluding hydrogens is 401 g/mol. The number of hydrogen-bond donors (Lipinski definition) is 1. The van der Waals surface area contributed by atoms with Crippen LogP contribution in [0.25, 0.3) is 0 Å². The first kappa shape index (κ1) is 22.9. The number of halogens is 1. The van der Waals surface area contributed by atoms with E-state index in [2.05, 4.69) is 46.3 Å². The van der Waals surface area contributed by atoms with Crippen LogP contribution in [-0.2, 0) is 24.4 Å². The second-order valence-electron chi connectivity index (χ2n) is 9.69. The van der Waals surface area contributed by atoms with E-state index >= 15 is 0 Å². The number of carbonyl (C=O) groups is 1. The molecule has 1 amide bonds. The number of hydrogen-bond acceptors (Lipinski definition) is 3. The molecule has 4 rings (SSSR count). The van der Waals surface area contributed by atoms with Gasteiger partial charge in [0.05, 0.1) is 0 Å². The number of nitrogens with one attached hydrogen (secondary N) is 1. The standard InChI is InChI=1S/C27H36FN3O/c1-21-3-2-14-31(18-21)20-23-6-4-22(5-7-23)17-29-27(32)25-12-15-30(16-13-25)19-24-8-10-26(28)11-9-24/h4-11,21,25H,2-3,12-20H2,1H3,(H,29,32). The lowest BCUT2D eigenvalue weighted by Gasteiger charge is -2.31. The van der Waals surface area contributed by atoms with E-state index in [0.717, 1.165) is 56.1 Å². The molecule has 5 heteroatoms. The highest BCUT2D eigenvalue weighted by molar-refractivity contribution is 5.78. The number of nitrogens with zero attached hydrogens (tertiary/aromatic N) is 2. The van der Waals surface area contributed by atoms with E-state index in [-0.39, 0.29) is 17.6 Å². The number of benzene rings is 2. The van der Waals surface area contributed by atoms with Crippen LogP contribution in [0.3, 0.4) is 0 Å². The molecule has 2 aromatic rings. The molecule has 2 heterocycles. The zero-order valence-electron chi connectivity index (χ0n) is 19.2. The van der Waals surface area contributed by atoms with Crippen molar-refractivity contribution in [3.05, 3.63) is 71.0 Å². The molecule has 2 aromatic carbocycles. The van der Waals surface area contributed by atoms with Crippen LogP contribution in [0.1, 0.15) is 49.3 Å². The molecule has 1 N–H and O–H groups in total. The molecule has 1 unspecified atom stereocenters. The molecule has 32 heavy (non-hydrogen) atoms. The van der Waals surface area contributed by atoms with Crippen LogP contribution in [0.2, 0.25) is 0 Å². The second-order valence-corrected chi connectivity index (χ2v) is 9.69. The number of piperidine rings is 2. The maximum Gasteiger partial charge on any atom is 0.223 e. The van der Waals surface area contributed by atoms with Crippen LogP contribution >= 0.6 is 0 Å². The van der Waals surface area contributed by atoms with Crippen molar-refractivity contribution in [3.63, 3.8) is 0 Å². The quantitative estimate of drug-likeness (QED) is 0.688. The number of rotatable bonds is 7. The molecule has 0 spiro atoms. The molecule has 2 aliphatic rings. The van der Waals surface area contributed by atoms with Crippen molar-refractivity contribution >= 4 is 5.91 Å². The summed E-state index contributed by atoms with van der Waals surface area (Å²) in [5.74, 6) is 0.848. The Labute approximate surface area is 191 Å². The average Bonchev–Trinajstić information content (AvgIpc) is 2.80. The first-order valence-electron chi connectivity index (χ1n) is 12.1. The Hall–Kier alpha value is -2.24. The van der Waals surface area contributed by atoms with Crippen LogP contribution in [-0.4, -0.2) is 41.9 Å². The molecule has 1 atom stereocenters. The highest BCUT2D eigenvalue weighted by Crippen LogP contribution is 2.20. The molecule has 0 aliphatic carbocycles. The van der Waals surface area contributed by atoms with Crippen molar-refractivity contribution in [1.82, 2.24) is 15.1 Å². The highest BCUT2D eigenvalue weighted by Gasteiger charge is 2.24. The Balaban J connectivity index is 1.17. The van der Waals surface area contributed by atoms with Gasteiger partial charge < -0.3 is 5.32 Å². The highest BCUT2D eigenvalue weighted by atomic mass is 19.1. The van der Waals surface area contributed by atoms with Gasteiger partial charge in [0, 0.05) is 32.1 Å². The summed E-state index contributed by atoms with van der Waals surface area (Å²) >= 11 is 0. The largest absolute Gasteiger partial charge is 0.352 e. The van der Waals surface area contributed by atoms with Gasteiger partial charge in [-0.2, -0.15) is 0 Å². The normalized spacial score (nSPS) is 20.9. The van der Waals surface area contributed by atoms with Crippen molar-refractivity contribution in [2.24, 2.45) is 11.8 Å². The number of carbonyl (C=O) groups excluding carboxylic acids is 1. The minimum atomic E-state index is -0.199. The summed E-state index contributed by atoms with van der Waals surface area (Å²) in [4.78, 5) is 17.6. The molecule has 0 bridgehead atoms. The summed E-state index contributed by atoms with van der Waals surface area (Å²) in [7, 11) is 0. The molecule has 172 valence electrons. The first-order valence-corrected chi connectivity index (χ1v) is 12.1. The Bertz CT molecular complexity index is 859. The van der Waals surface area contributed by atoms with Crippen LogP contribution in [0.4, 0.5) is 4.39 Å².